The van der Waals surface area contributed by atoms with Crippen molar-refractivity contribution in [3.63, 3.8) is 0 Å². The molecule has 0 unspecified atom stereocenters. The number of hydrogen-bond donors (Lipinski definition) is 2. The smallest absolute Gasteiger partial charge is 0.282 e. The highest BCUT2D eigenvalue weighted by molar-refractivity contribution is 6.09. The maximum atomic E-state index is 13.4. The molecule has 0 aliphatic carbocycles. The number of rotatable bonds is 7. The van der Waals surface area contributed by atoms with Gasteiger partial charge in [-0.3, -0.25) is 19.7 Å². The van der Waals surface area contributed by atoms with Crippen molar-refractivity contribution in [1.29, 1.82) is 0 Å². The van der Waals surface area contributed by atoms with Crippen molar-refractivity contribution >= 4 is 40.4 Å². The second-order valence-electron chi connectivity index (χ2n) is 10.2. The van der Waals surface area contributed by atoms with Crippen LogP contribution in [0.2, 0.25) is 0 Å². The van der Waals surface area contributed by atoms with Crippen LogP contribution in [0.5, 0.6) is 0 Å². The van der Waals surface area contributed by atoms with Crippen LogP contribution in [0.15, 0.2) is 54.7 Å². The Kier molecular flexibility index (Phi) is 8.41. The molecule has 2 amide bonds. The Morgan fingerprint density at radius 2 is 1.66 bits per heavy atom. The molecular weight excluding hydrogens is 526 g/mol. The van der Waals surface area contributed by atoms with Crippen molar-refractivity contribution in [1.82, 2.24) is 9.88 Å². The highest BCUT2D eigenvalue weighted by atomic mass is 16.6. The van der Waals surface area contributed by atoms with Crippen LogP contribution in [0.4, 0.5) is 28.6 Å². The van der Waals surface area contributed by atoms with Crippen molar-refractivity contribution in [3.05, 3.63) is 81.5 Å². The van der Waals surface area contributed by atoms with Crippen molar-refractivity contribution in [3.8, 4) is 0 Å². The van der Waals surface area contributed by atoms with E-state index in [4.69, 9.17) is 4.74 Å². The third kappa shape index (κ3) is 6.61. The SMILES string of the molecule is Cc1ccc(NC(=O)c2ccnc(N3CCOCC3)c2)cc1NC(=O)c1cc(N2CCN(C)CC2)ccc1[N+](=O)[O-]. The van der Waals surface area contributed by atoms with Crippen LogP contribution in [0, 0.1) is 17.0 Å². The molecule has 0 spiro atoms. The van der Waals surface area contributed by atoms with Gasteiger partial charge in [0.2, 0.25) is 0 Å². The molecule has 2 saturated heterocycles. The molecule has 0 atom stereocenters. The number of nitrogens with zero attached hydrogens (tertiary/aromatic N) is 5. The quantitative estimate of drug-likeness (QED) is 0.330. The highest BCUT2D eigenvalue weighted by Gasteiger charge is 2.24. The van der Waals surface area contributed by atoms with E-state index in [9.17, 15) is 19.7 Å². The molecule has 0 saturated carbocycles. The van der Waals surface area contributed by atoms with Crippen LogP contribution in [0.1, 0.15) is 26.3 Å². The molecule has 3 heterocycles. The zero-order chi connectivity index (χ0) is 28.9. The molecular formula is C29H33N7O5. The number of pyridine rings is 1. The molecule has 41 heavy (non-hydrogen) atoms. The maximum Gasteiger partial charge on any atom is 0.282 e. The summed E-state index contributed by atoms with van der Waals surface area (Å²) in [6.45, 7) is 7.70. The maximum absolute atomic E-state index is 13.4. The fourth-order valence-corrected chi connectivity index (χ4v) is 4.88. The van der Waals surface area contributed by atoms with E-state index in [0.29, 0.717) is 49.1 Å². The summed E-state index contributed by atoms with van der Waals surface area (Å²) >= 11 is 0. The Morgan fingerprint density at radius 1 is 0.902 bits per heavy atom. The largest absolute Gasteiger partial charge is 0.378 e. The Morgan fingerprint density at radius 3 is 2.39 bits per heavy atom. The number of morpholine rings is 1. The third-order valence-corrected chi connectivity index (χ3v) is 7.38. The molecule has 12 heteroatoms. The summed E-state index contributed by atoms with van der Waals surface area (Å²) in [5.41, 5.74) is 2.58. The van der Waals surface area contributed by atoms with E-state index in [1.807, 2.05) is 14.0 Å². The van der Waals surface area contributed by atoms with Crippen LogP contribution in [0.25, 0.3) is 0 Å². The summed E-state index contributed by atoms with van der Waals surface area (Å²) in [6, 6.07) is 13.2. The van der Waals surface area contributed by atoms with Gasteiger partial charge in [-0.2, -0.15) is 0 Å². The summed E-state index contributed by atoms with van der Waals surface area (Å²) in [4.78, 5) is 48.4. The minimum atomic E-state index is -0.594. The average Bonchev–Trinajstić information content (AvgIpc) is 2.99. The van der Waals surface area contributed by atoms with E-state index in [0.717, 1.165) is 37.4 Å². The highest BCUT2D eigenvalue weighted by Crippen LogP contribution is 2.28. The van der Waals surface area contributed by atoms with Crippen molar-refractivity contribution in [2.75, 3.05) is 80.0 Å². The third-order valence-electron chi connectivity index (χ3n) is 7.38. The molecule has 2 aliphatic heterocycles. The number of nitro groups is 1. The average molecular weight is 560 g/mol. The lowest BCUT2D eigenvalue weighted by molar-refractivity contribution is -0.385. The zero-order valence-corrected chi connectivity index (χ0v) is 23.1. The Balaban J connectivity index is 1.33. The van der Waals surface area contributed by atoms with Gasteiger partial charge in [0, 0.05) is 74.2 Å². The number of nitrogens with one attached hydrogen (secondary N) is 2. The number of carbonyl (C=O) groups is 2. The number of nitro benzene ring substituents is 1. The Bertz CT molecular complexity index is 1450. The minimum Gasteiger partial charge on any atom is -0.378 e. The lowest BCUT2D eigenvalue weighted by atomic mass is 10.1. The number of aryl methyl sites for hydroxylation is 1. The van der Waals surface area contributed by atoms with Gasteiger partial charge in [-0.15, -0.1) is 0 Å². The molecule has 0 radical (unpaired) electrons. The van der Waals surface area contributed by atoms with Crippen LogP contribution in [-0.2, 0) is 4.74 Å². The molecule has 12 nitrogen and oxygen atoms in total. The van der Waals surface area contributed by atoms with E-state index < -0.39 is 10.8 Å². The molecule has 3 aromatic rings. The van der Waals surface area contributed by atoms with Crippen LogP contribution >= 0.6 is 0 Å². The Hall–Kier alpha value is -4.55. The van der Waals surface area contributed by atoms with Crippen LogP contribution < -0.4 is 20.4 Å². The van der Waals surface area contributed by atoms with Crippen molar-refractivity contribution in [2.24, 2.45) is 0 Å². The summed E-state index contributed by atoms with van der Waals surface area (Å²) in [5, 5.41) is 17.4. The van der Waals surface area contributed by atoms with Crippen molar-refractivity contribution < 1.29 is 19.2 Å². The number of likely N-dealkylation sites (N-methyl/N-ethyl adjacent to an activating group) is 1. The van der Waals surface area contributed by atoms with Crippen molar-refractivity contribution in [2.45, 2.75) is 6.92 Å². The predicted molar refractivity (Wildman–Crippen MR) is 157 cm³/mol. The van der Waals surface area contributed by atoms with Gasteiger partial charge in [0.25, 0.3) is 17.5 Å². The number of benzene rings is 2. The van der Waals surface area contributed by atoms with Gasteiger partial charge in [-0.1, -0.05) is 6.07 Å². The fraction of sp³-hybridized carbons (Fsp3) is 0.345. The summed E-state index contributed by atoms with van der Waals surface area (Å²) in [7, 11) is 2.05. The minimum absolute atomic E-state index is 0.0207. The van der Waals surface area contributed by atoms with E-state index >= 15 is 0 Å². The second kappa shape index (κ2) is 12.3. The molecule has 214 valence electrons. The van der Waals surface area contributed by atoms with Gasteiger partial charge in [0.1, 0.15) is 11.4 Å². The van der Waals surface area contributed by atoms with E-state index in [2.05, 4.69) is 30.3 Å². The van der Waals surface area contributed by atoms with Gasteiger partial charge in [0.15, 0.2) is 0 Å². The normalized spacial score (nSPS) is 15.9. The molecule has 0 bridgehead atoms. The van der Waals surface area contributed by atoms with E-state index in [-0.39, 0.29) is 17.2 Å². The van der Waals surface area contributed by atoms with Gasteiger partial charge < -0.3 is 30.1 Å². The number of piperazine rings is 1. The first-order valence-corrected chi connectivity index (χ1v) is 13.5. The lowest BCUT2D eigenvalue weighted by Gasteiger charge is -2.34. The second-order valence-corrected chi connectivity index (χ2v) is 10.2. The van der Waals surface area contributed by atoms with Gasteiger partial charge in [0.05, 0.1) is 18.1 Å². The molecule has 2 aliphatic rings. The number of amides is 2. The zero-order valence-electron chi connectivity index (χ0n) is 23.1. The summed E-state index contributed by atoms with van der Waals surface area (Å²) in [5.74, 6) is -0.208. The first-order chi connectivity index (χ1) is 19.8. The van der Waals surface area contributed by atoms with Gasteiger partial charge >= 0.3 is 0 Å². The first kappa shape index (κ1) is 28.0. The number of carbonyl (C=O) groups excluding carboxylic acids is 2. The molecule has 5 rings (SSSR count). The van der Waals surface area contributed by atoms with Crippen LogP contribution in [0.3, 0.4) is 0 Å². The Labute approximate surface area is 238 Å². The van der Waals surface area contributed by atoms with E-state index in [1.54, 1.807) is 48.7 Å². The molecule has 2 N–H and O–H groups in total. The lowest BCUT2D eigenvalue weighted by Crippen LogP contribution is -2.44. The fourth-order valence-electron chi connectivity index (χ4n) is 4.88. The van der Waals surface area contributed by atoms with Gasteiger partial charge in [-0.25, -0.2) is 4.98 Å². The standard InChI is InChI=1S/C29H33N7O5/c1-20-3-4-22(31-28(37)21-7-8-30-27(17-21)35-13-15-41-16-14-35)18-25(20)32-29(38)24-19-23(5-6-26(24)36(39)40)34-11-9-33(2)10-12-34/h3-8,17-19H,9-16H2,1-2H3,(H,31,37)(H,32,38). The van der Waals surface area contributed by atoms with Gasteiger partial charge in [-0.05, 0) is 55.9 Å². The number of aromatic nitrogens is 1. The number of ether oxygens (including phenoxy) is 1. The van der Waals surface area contributed by atoms with E-state index in [1.165, 1.54) is 6.07 Å². The predicted octanol–water partition coefficient (Wildman–Crippen LogP) is 3.39. The summed E-state index contributed by atoms with van der Waals surface area (Å²) in [6.07, 6.45) is 1.60. The number of hydrogen-bond acceptors (Lipinski definition) is 9. The monoisotopic (exact) mass is 559 g/mol. The summed E-state index contributed by atoms with van der Waals surface area (Å²) < 4.78 is 5.39. The van der Waals surface area contributed by atoms with Crippen LogP contribution in [-0.4, -0.2) is 86.2 Å². The topological polar surface area (TPSA) is 133 Å². The molecule has 2 fully saturated rings. The molecule has 2 aromatic carbocycles. The molecule has 1 aromatic heterocycles. The first-order valence-electron chi connectivity index (χ1n) is 13.5. The number of anilines is 4.